The predicted octanol–water partition coefficient (Wildman–Crippen LogP) is 1.38. The van der Waals surface area contributed by atoms with Crippen molar-refractivity contribution in [3.05, 3.63) is 11.6 Å². The minimum absolute atomic E-state index is 0.0176. The van der Waals surface area contributed by atoms with Crippen LogP contribution >= 0.6 is 0 Å². The lowest BCUT2D eigenvalue weighted by Gasteiger charge is -2.58. The van der Waals surface area contributed by atoms with Crippen molar-refractivity contribution in [2.24, 2.45) is 28.6 Å². The number of carbonyl (C=O) groups excluding carboxylic acids is 1. The van der Waals surface area contributed by atoms with Gasteiger partial charge in [0.05, 0.1) is 19.3 Å². The molecular weight excluding hydrogens is 336 g/mol. The molecule has 0 bridgehead atoms. The maximum Gasteiger partial charge on any atom is 0.302 e. The summed E-state index contributed by atoms with van der Waals surface area (Å²) in [6.07, 6.45) is 3.92. The summed E-state index contributed by atoms with van der Waals surface area (Å²) < 4.78 is 11.2. The predicted molar refractivity (Wildman–Crippen MR) is 92.8 cm³/mol. The number of aliphatic hydroxyl groups is 3. The van der Waals surface area contributed by atoms with Gasteiger partial charge in [0.25, 0.3) is 0 Å². The number of rotatable bonds is 2. The standard InChI is InChI=1S/C20H30O6/c1-11(22)26-16-4-3-14-18-13(5-6-20(14,16)9-21)19(2)10-25-17(24)8-12(19)7-15(18)23/h7,13-18,21,23-24H,3-6,8-10H2,1-2H3/t13?,14?,15?,16-,17-,18?,19-,20+/m0/s1. The number of ether oxygens (including phenoxy) is 2. The fraction of sp³-hybridized carbons (Fsp3) is 0.850. The molecule has 1 saturated heterocycles. The average Bonchev–Trinajstić information content (AvgIpc) is 2.95. The summed E-state index contributed by atoms with van der Waals surface area (Å²) >= 11 is 0. The molecule has 2 saturated carbocycles. The van der Waals surface area contributed by atoms with E-state index in [0.29, 0.717) is 13.0 Å². The van der Waals surface area contributed by atoms with Crippen LogP contribution in [0, 0.1) is 28.6 Å². The molecule has 3 N–H and O–H groups in total. The Hall–Kier alpha value is -0.950. The molecule has 146 valence electrons. The summed E-state index contributed by atoms with van der Waals surface area (Å²) in [5.74, 6) is 0.0699. The van der Waals surface area contributed by atoms with E-state index < -0.39 is 17.8 Å². The van der Waals surface area contributed by atoms with E-state index in [4.69, 9.17) is 9.47 Å². The second-order valence-electron chi connectivity index (χ2n) is 8.97. The van der Waals surface area contributed by atoms with E-state index in [1.54, 1.807) is 0 Å². The normalized spacial score (nSPS) is 50.3. The average molecular weight is 366 g/mol. The van der Waals surface area contributed by atoms with E-state index >= 15 is 0 Å². The van der Waals surface area contributed by atoms with Crippen LogP contribution in [0.15, 0.2) is 11.6 Å². The highest BCUT2D eigenvalue weighted by molar-refractivity contribution is 5.66. The van der Waals surface area contributed by atoms with E-state index in [9.17, 15) is 20.1 Å². The van der Waals surface area contributed by atoms with Crippen molar-refractivity contribution in [1.29, 1.82) is 0 Å². The summed E-state index contributed by atoms with van der Waals surface area (Å²) in [6.45, 7) is 4.03. The van der Waals surface area contributed by atoms with Crippen molar-refractivity contribution in [3.63, 3.8) is 0 Å². The number of fused-ring (bicyclic) bond motifs is 5. The maximum atomic E-state index is 11.5. The van der Waals surface area contributed by atoms with Crippen molar-refractivity contribution >= 4 is 5.97 Å². The zero-order valence-electron chi connectivity index (χ0n) is 15.6. The van der Waals surface area contributed by atoms with Crippen LogP contribution in [0.5, 0.6) is 0 Å². The highest BCUT2D eigenvalue weighted by atomic mass is 16.6. The minimum Gasteiger partial charge on any atom is -0.462 e. The van der Waals surface area contributed by atoms with Gasteiger partial charge >= 0.3 is 5.97 Å². The van der Waals surface area contributed by atoms with Gasteiger partial charge in [-0.25, -0.2) is 0 Å². The lowest BCUT2D eigenvalue weighted by molar-refractivity contribution is -0.188. The third-order valence-corrected chi connectivity index (χ3v) is 7.86. The third-order valence-electron chi connectivity index (χ3n) is 7.86. The van der Waals surface area contributed by atoms with Crippen LogP contribution in [0.2, 0.25) is 0 Å². The van der Waals surface area contributed by atoms with Crippen LogP contribution in [-0.2, 0) is 14.3 Å². The van der Waals surface area contributed by atoms with E-state index in [2.05, 4.69) is 6.92 Å². The molecule has 3 aliphatic carbocycles. The van der Waals surface area contributed by atoms with E-state index in [0.717, 1.165) is 31.3 Å². The van der Waals surface area contributed by atoms with Gasteiger partial charge < -0.3 is 24.8 Å². The van der Waals surface area contributed by atoms with Crippen molar-refractivity contribution in [3.8, 4) is 0 Å². The van der Waals surface area contributed by atoms with E-state index in [-0.39, 0.29) is 41.8 Å². The summed E-state index contributed by atoms with van der Waals surface area (Å²) in [6, 6.07) is 0. The summed E-state index contributed by atoms with van der Waals surface area (Å²) in [5, 5.41) is 31.1. The second-order valence-corrected chi connectivity index (χ2v) is 8.97. The van der Waals surface area contributed by atoms with Gasteiger partial charge in [-0.2, -0.15) is 0 Å². The van der Waals surface area contributed by atoms with Gasteiger partial charge in [0, 0.05) is 24.2 Å². The first-order chi connectivity index (χ1) is 12.3. The first kappa shape index (κ1) is 18.4. The fourth-order valence-electron chi connectivity index (χ4n) is 6.62. The van der Waals surface area contributed by atoms with Gasteiger partial charge in [0.2, 0.25) is 0 Å². The number of hydrogen-bond donors (Lipinski definition) is 3. The first-order valence-corrected chi connectivity index (χ1v) is 9.79. The Labute approximate surface area is 154 Å². The van der Waals surface area contributed by atoms with Gasteiger partial charge in [-0.3, -0.25) is 4.79 Å². The molecule has 4 unspecified atom stereocenters. The molecule has 0 amide bonds. The number of aliphatic hydroxyl groups excluding tert-OH is 3. The molecule has 1 aliphatic heterocycles. The van der Waals surface area contributed by atoms with Crippen molar-refractivity contribution < 1.29 is 29.6 Å². The number of carbonyl (C=O) groups is 1. The molecule has 4 rings (SSSR count). The summed E-state index contributed by atoms with van der Waals surface area (Å²) in [5.41, 5.74) is 0.450. The molecule has 0 aromatic carbocycles. The molecule has 4 aliphatic rings. The summed E-state index contributed by atoms with van der Waals surface area (Å²) in [7, 11) is 0. The molecule has 1 heterocycles. The smallest absolute Gasteiger partial charge is 0.302 e. The number of hydrogen-bond acceptors (Lipinski definition) is 6. The van der Waals surface area contributed by atoms with Gasteiger partial charge in [0.1, 0.15) is 6.10 Å². The third kappa shape index (κ3) is 2.49. The molecule has 3 fully saturated rings. The van der Waals surface area contributed by atoms with E-state index in [1.807, 2.05) is 6.08 Å². The Balaban J connectivity index is 1.69. The van der Waals surface area contributed by atoms with Crippen LogP contribution in [0.1, 0.15) is 46.0 Å². The maximum absolute atomic E-state index is 11.5. The van der Waals surface area contributed by atoms with E-state index in [1.165, 1.54) is 6.92 Å². The highest BCUT2D eigenvalue weighted by Gasteiger charge is 2.63. The largest absolute Gasteiger partial charge is 0.462 e. The zero-order valence-corrected chi connectivity index (χ0v) is 15.6. The molecule has 6 heteroatoms. The molecule has 0 radical (unpaired) electrons. The van der Waals surface area contributed by atoms with Gasteiger partial charge in [-0.05, 0) is 43.4 Å². The zero-order chi connectivity index (χ0) is 18.7. The van der Waals surface area contributed by atoms with Crippen LogP contribution in [0.25, 0.3) is 0 Å². The summed E-state index contributed by atoms with van der Waals surface area (Å²) in [4.78, 5) is 11.5. The van der Waals surface area contributed by atoms with Crippen molar-refractivity contribution in [2.45, 2.75) is 64.4 Å². The number of esters is 1. The Kier molecular flexibility index (Phi) is 4.46. The second kappa shape index (κ2) is 6.30. The molecule has 0 aromatic heterocycles. The van der Waals surface area contributed by atoms with Crippen LogP contribution in [0.4, 0.5) is 0 Å². The first-order valence-electron chi connectivity index (χ1n) is 9.79. The minimum atomic E-state index is -0.793. The Morgan fingerprint density at radius 2 is 2.08 bits per heavy atom. The van der Waals surface area contributed by atoms with Crippen LogP contribution < -0.4 is 0 Å². The van der Waals surface area contributed by atoms with Gasteiger partial charge in [0.15, 0.2) is 6.29 Å². The molecule has 6 nitrogen and oxygen atoms in total. The monoisotopic (exact) mass is 366 g/mol. The Bertz CT molecular complexity index is 617. The van der Waals surface area contributed by atoms with Gasteiger partial charge in [-0.15, -0.1) is 0 Å². The molecule has 8 atom stereocenters. The Morgan fingerprint density at radius 3 is 2.77 bits per heavy atom. The topological polar surface area (TPSA) is 96.2 Å². The molecule has 0 spiro atoms. The van der Waals surface area contributed by atoms with Crippen LogP contribution in [0.3, 0.4) is 0 Å². The fourth-order valence-corrected chi connectivity index (χ4v) is 6.62. The highest BCUT2D eigenvalue weighted by Crippen LogP contribution is 2.64. The molecule has 26 heavy (non-hydrogen) atoms. The quantitative estimate of drug-likeness (QED) is 0.505. The van der Waals surface area contributed by atoms with Gasteiger partial charge in [-0.1, -0.05) is 18.6 Å². The molecular formula is C20H30O6. The SMILES string of the molecule is CC(=O)O[C@H]1CCC2C3C(O)C=C4C[C@@H](O)OC[C@]4(C)C3CC[C@@]21CO. The molecule has 0 aromatic rings. The van der Waals surface area contributed by atoms with Crippen molar-refractivity contribution in [2.75, 3.05) is 13.2 Å². The lowest BCUT2D eigenvalue weighted by Crippen LogP contribution is -2.58. The lowest BCUT2D eigenvalue weighted by atomic mass is 9.49. The van der Waals surface area contributed by atoms with Crippen molar-refractivity contribution in [1.82, 2.24) is 0 Å². The Morgan fingerprint density at radius 1 is 1.31 bits per heavy atom. The van der Waals surface area contributed by atoms with Crippen LogP contribution in [-0.4, -0.2) is 53.0 Å².